The Bertz CT molecular complexity index is 1320. The number of aromatic nitrogens is 4. The molecule has 5 aromatic rings. The molecule has 0 aliphatic carbocycles. The fourth-order valence-electron chi connectivity index (χ4n) is 3.11. The van der Waals surface area contributed by atoms with E-state index in [1.807, 2.05) is 36.4 Å². The maximum Gasteiger partial charge on any atom is 0.280 e. The number of hydrogen-bond acceptors (Lipinski definition) is 5. The minimum Gasteiger partial charge on any atom is -0.446 e. The van der Waals surface area contributed by atoms with Crippen LogP contribution in [0.3, 0.4) is 0 Å². The lowest BCUT2D eigenvalue weighted by atomic mass is 10.0. The van der Waals surface area contributed by atoms with Gasteiger partial charge in [0.15, 0.2) is 5.52 Å². The predicted molar refractivity (Wildman–Crippen MR) is 102 cm³/mol. The summed E-state index contributed by atoms with van der Waals surface area (Å²) in [7, 11) is 0. The summed E-state index contributed by atoms with van der Waals surface area (Å²) in [4.78, 5) is 25.3. The molecule has 0 bridgehead atoms. The Morgan fingerprint density at radius 2 is 1.85 bits per heavy atom. The molecule has 27 heavy (non-hydrogen) atoms. The third kappa shape index (κ3) is 2.77. The van der Waals surface area contributed by atoms with Crippen molar-refractivity contribution in [3.8, 4) is 11.1 Å². The fraction of sp³-hybridized carbons (Fsp3) is 0.0476. The van der Waals surface area contributed by atoms with Gasteiger partial charge < -0.3 is 4.42 Å². The molecule has 0 N–H and O–H groups in total. The second-order valence-electron chi connectivity index (χ2n) is 6.28. The minimum absolute atomic E-state index is 0.140. The maximum absolute atomic E-state index is 12.6. The standard InChI is InChI=1S/C21H14N4O2/c26-21-19-18(2-1-8-22-19)24-13-25(21)12-14-3-5-15(6-4-14)17-10-16-7-9-27-20(16)23-11-17/h1-11,13H,12H2. The molecule has 5 rings (SSSR count). The third-order valence-electron chi connectivity index (χ3n) is 4.53. The van der Waals surface area contributed by atoms with E-state index in [-0.39, 0.29) is 5.56 Å². The van der Waals surface area contributed by atoms with E-state index in [0.717, 1.165) is 22.1 Å². The molecule has 0 unspecified atom stereocenters. The molecule has 1 aromatic carbocycles. The highest BCUT2D eigenvalue weighted by atomic mass is 16.3. The lowest BCUT2D eigenvalue weighted by molar-refractivity contribution is 0.603. The topological polar surface area (TPSA) is 73.8 Å². The molecular weight excluding hydrogens is 340 g/mol. The highest BCUT2D eigenvalue weighted by molar-refractivity contribution is 5.79. The molecule has 0 saturated heterocycles. The van der Waals surface area contributed by atoms with Crippen LogP contribution in [0.15, 0.2) is 82.7 Å². The van der Waals surface area contributed by atoms with Gasteiger partial charge in [-0.25, -0.2) is 15.0 Å². The van der Waals surface area contributed by atoms with Crippen molar-refractivity contribution in [3.63, 3.8) is 0 Å². The highest BCUT2D eigenvalue weighted by Crippen LogP contribution is 2.23. The summed E-state index contributed by atoms with van der Waals surface area (Å²) in [6.45, 7) is 0.442. The number of furan rings is 1. The largest absolute Gasteiger partial charge is 0.446 e. The van der Waals surface area contributed by atoms with Gasteiger partial charge in [0.2, 0.25) is 5.71 Å². The molecule has 6 nitrogen and oxygen atoms in total. The number of rotatable bonds is 3. The zero-order valence-corrected chi connectivity index (χ0v) is 14.2. The van der Waals surface area contributed by atoms with Gasteiger partial charge in [-0.05, 0) is 35.4 Å². The number of benzene rings is 1. The van der Waals surface area contributed by atoms with Crippen molar-refractivity contribution in [1.82, 2.24) is 19.5 Å². The summed E-state index contributed by atoms with van der Waals surface area (Å²) >= 11 is 0. The molecule has 0 atom stereocenters. The zero-order chi connectivity index (χ0) is 18.2. The van der Waals surface area contributed by atoms with E-state index in [9.17, 15) is 4.79 Å². The van der Waals surface area contributed by atoms with Crippen molar-refractivity contribution >= 4 is 22.1 Å². The average Bonchev–Trinajstić information content (AvgIpc) is 3.19. The van der Waals surface area contributed by atoms with Crippen LogP contribution >= 0.6 is 0 Å². The van der Waals surface area contributed by atoms with Crippen molar-refractivity contribution in [2.75, 3.05) is 0 Å². The van der Waals surface area contributed by atoms with Gasteiger partial charge in [-0.15, -0.1) is 0 Å². The molecule has 0 fully saturated rings. The first kappa shape index (κ1) is 15.5. The number of nitrogens with zero attached hydrogens (tertiary/aromatic N) is 4. The SMILES string of the molecule is O=c1c2ncccc2ncn1Cc1ccc(-c2cnc3occc3c2)cc1. The van der Waals surface area contributed by atoms with Gasteiger partial charge in [0.25, 0.3) is 5.56 Å². The van der Waals surface area contributed by atoms with Gasteiger partial charge in [-0.1, -0.05) is 24.3 Å². The van der Waals surface area contributed by atoms with Crippen molar-refractivity contribution in [2.45, 2.75) is 6.54 Å². The van der Waals surface area contributed by atoms with Crippen LogP contribution < -0.4 is 5.56 Å². The Kier molecular flexibility index (Phi) is 3.53. The molecule has 0 amide bonds. The number of pyridine rings is 2. The lowest BCUT2D eigenvalue weighted by Crippen LogP contribution is -2.21. The van der Waals surface area contributed by atoms with Crippen LogP contribution in [0.1, 0.15) is 5.56 Å². The summed E-state index contributed by atoms with van der Waals surface area (Å²) in [6, 6.07) is 15.6. The smallest absolute Gasteiger partial charge is 0.280 e. The van der Waals surface area contributed by atoms with Gasteiger partial charge in [-0.3, -0.25) is 9.36 Å². The molecule has 4 aromatic heterocycles. The zero-order valence-electron chi connectivity index (χ0n) is 14.2. The van der Waals surface area contributed by atoms with E-state index in [1.54, 1.807) is 41.7 Å². The Morgan fingerprint density at radius 1 is 0.963 bits per heavy atom. The van der Waals surface area contributed by atoms with E-state index in [0.29, 0.717) is 23.3 Å². The van der Waals surface area contributed by atoms with Crippen LogP contribution in [-0.4, -0.2) is 19.5 Å². The Balaban J connectivity index is 1.45. The normalized spacial score (nSPS) is 11.3. The summed E-state index contributed by atoms with van der Waals surface area (Å²) in [5.74, 6) is 0. The Morgan fingerprint density at radius 3 is 2.74 bits per heavy atom. The third-order valence-corrected chi connectivity index (χ3v) is 4.53. The van der Waals surface area contributed by atoms with Crippen molar-refractivity contribution in [1.29, 1.82) is 0 Å². The molecule has 0 saturated carbocycles. The maximum atomic E-state index is 12.6. The van der Waals surface area contributed by atoms with Crippen molar-refractivity contribution < 1.29 is 4.42 Å². The first-order valence-electron chi connectivity index (χ1n) is 8.51. The average molecular weight is 354 g/mol. The fourth-order valence-corrected chi connectivity index (χ4v) is 3.11. The number of hydrogen-bond donors (Lipinski definition) is 0. The van der Waals surface area contributed by atoms with E-state index in [1.165, 1.54) is 0 Å². The van der Waals surface area contributed by atoms with Crippen molar-refractivity contribution in [2.24, 2.45) is 0 Å². The van der Waals surface area contributed by atoms with E-state index < -0.39 is 0 Å². The van der Waals surface area contributed by atoms with Gasteiger partial charge in [0.1, 0.15) is 0 Å². The molecule has 0 aliphatic heterocycles. The molecule has 6 heteroatoms. The van der Waals surface area contributed by atoms with Crippen LogP contribution in [0.4, 0.5) is 0 Å². The number of fused-ring (bicyclic) bond motifs is 2. The molecule has 0 spiro atoms. The monoisotopic (exact) mass is 354 g/mol. The predicted octanol–water partition coefficient (Wildman–Crippen LogP) is 3.65. The minimum atomic E-state index is -0.140. The van der Waals surface area contributed by atoms with E-state index in [4.69, 9.17) is 4.42 Å². The second kappa shape index (κ2) is 6.17. The Hall–Kier alpha value is -3.80. The second-order valence-corrected chi connectivity index (χ2v) is 6.28. The van der Waals surface area contributed by atoms with Gasteiger partial charge >= 0.3 is 0 Å². The van der Waals surface area contributed by atoms with Crippen LogP contribution in [0, 0.1) is 0 Å². The van der Waals surface area contributed by atoms with Crippen molar-refractivity contribution in [3.05, 3.63) is 89.4 Å². The first-order valence-corrected chi connectivity index (χ1v) is 8.51. The van der Waals surface area contributed by atoms with E-state index >= 15 is 0 Å². The molecule has 130 valence electrons. The summed E-state index contributed by atoms with van der Waals surface area (Å²) in [5, 5.41) is 0.970. The van der Waals surface area contributed by atoms with Gasteiger partial charge in [0, 0.05) is 23.3 Å². The van der Waals surface area contributed by atoms with Crippen LogP contribution in [0.5, 0.6) is 0 Å². The molecule has 0 radical (unpaired) electrons. The quantitative estimate of drug-likeness (QED) is 0.494. The van der Waals surface area contributed by atoms with Crippen LogP contribution in [0.25, 0.3) is 33.3 Å². The molecule has 0 aliphatic rings. The van der Waals surface area contributed by atoms with Gasteiger partial charge in [0.05, 0.1) is 24.7 Å². The first-order chi connectivity index (χ1) is 13.3. The van der Waals surface area contributed by atoms with E-state index in [2.05, 4.69) is 15.0 Å². The summed E-state index contributed by atoms with van der Waals surface area (Å²) in [6.07, 6.45) is 6.60. The summed E-state index contributed by atoms with van der Waals surface area (Å²) in [5.41, 5.74) is 4.57. The lowest BCUT2D eigenvalue weighted by Gasteiger charge is -2.08. The molecule has 4 heterocycles. The Labute approximate surface area is 153 Å². The van der Waals surface area contributed by atoms with Crippen LogP contribution in [0.2, 0.25) is 0 Å². The molecular formula is C21H14N4O2. The van der Waals surface area contributed by atoms with Crippen LogP contribution in [-0.2, 0) is 6.54 Å². The van der Waals surface area contributed by atoms with Gasteiger partial charge in [-0.2, -0.15) is 0 Å². The summed E-state index contributed by atoms with van der Waals surface area (Å²) < 4.78 is 6.85. The highest BCUT2D eigenvalue weighted by Gasteiger charge is 2.07.